The number of aromatic nitrogens is 2. The Morgan fingerprint density at radius 1 is 0.903 bits per heavy atom. The Morgan fingerprint density at radius 2 is 1.74 bits per heavy atom. The molecule has 2 aliphatic heterocycles. The summed E-state index contributed by atoms with van der Waals surface area (Å²) in [4.78, 5) is 9.73. The Morgan fingerprint density at radius 3 is 2.61 bits per heavy atom. The van der Waals surface area contributed by atoms with Gasteiger partial charge in [-0.3, -0.25) is 9.80 Å². The lowest BCUT2D eigenvalue weighted by Crippen LogP contribution is -2.38. The van der Waals surface area contributed by atoms with E-state index in [9.17, 15) is 0 Å². The molecule has 1 aromatic heterocycles. The summed E-state index contributed by atoms with van der Waals surface area (Å²) in [5.41, 5.74) is 3.92. The van der Waals surface area contributed by atoms with Crippen molar-refractivity contribution >= 4 is 0 Å². The monoisotopic (exact) mass is 418 g/mol. The fourth-order valence-corrected chi connectivity index (χ4v) is 4.97. The molecule has 3 aliphatic rings. The van der Waals surface area contributed by atoms with Gasteiger partial charge in [-0.1, -0.05) is 29.4 Å². The Labute approximate surface area is 181 Å². The maximum Gasteiger partial charge on any atom is 0.241 e. The van der Waals surface area contributed by atoms with Crippen molar-refractivity contribution in [3.8, 4) is 22.9 Å². The van der Waals surface area contributed by atoms with Crippen molar-refractivity contribution < 1.29 is 14.0 Å². The van der Waals surface area contributed by atoms with Gasteiger partial charge in [-0.05, 0) is 61.7 Å². The van der Waals surface area contributed by atoms with Crippen LogP contribution in [0.3, 0.4) is 0 Å². The van der Waals surface area contributed by atoms with Crippen LogP contribution in [0.15, 0.2) is 47.0 Å². The number of benzene rings is 2. The zero-order valence-electron chi connectivity index (χ0n) is 17.5. The minimum Gasteiger partial charge on any atom is -0.454 e. The lowest BCUT2D eigenvalue weighted by molar-refractivity contribution is 0.174. The molecule has 0 atom stereocenters. The van der Waals surface area contributed by atoms with E-state index in [1.165, 1.54) is 24.0 Å². The van der Waals surface area contributed by atoms with Gasteiger partial charge in [0, 0.05) is 24.7 Å². The molecule has 0 saturated carbocycles. The average molecular weight is 418 g/mol. The van der Waals surface area contributed by atoms with Crippen LogP contribution in [0.2, 0.25) is 0 Å². The molecule has 1 fully saturated rings. The van der Waals surface area contributed by atoms with Crippen molar-refractivity contribution in [2.24, 2.45) is 0 Å². The van der Waals surface area contributed by atoms with Crippen LogP contribution in [0.25, 0.3) is 11.4 Å². The Bertz CT molecular complexity index is 1060. The lowest BCUT2D eigenvalue weighted by atomic mass is 10.1. The molecule has 0 radical (unpaired) electrons. The van der Waals surface area contributed by atoms with E-state index in [2.05, 4.69) is 44.2 Å². The number of hydrogen-bond donors (Lipinski definition) is 0. The van der Waals surface area contributed by atoms with Crippen LogP contribution in [0.1, 0.15) is 23.4 Å². The van der Waals surface area contributed by atoms with E-state index in [1.54, 1.807) is 0 Å². The Hall–Kier alpha value is -2.90. The fourth-order valence-electron chi connectivity index (χ4n) is 4.97. The summed E-state index contributed by atoms with van der Waals surface area (Å²) in [6, 6.07) is 15.3. The van der Waals surface area contributed by atoms with Gasteiger partial charge in [0.15, 0.2) is 11.5 Å². The number of hydrogen-bond acceptors (Lipinski definition) is 7. The van der Waals surface area contributed by atoms with E-state index in [4.69, 9.17) is 14.0 Å². The molecule has 0 bridgehead atoms. The molecule has 3 aromatic rings. The van der Waals surface area contributed by atoms with Crippen molar-refractivity contribution in [2.45, 2.75) is 31.8 Å². The van der Waals surface area contributed by atoms with E-state index < -0.39 is 0 Å². The molecule has 6 rings (SSSR count). The lowest BCUT2D eigenvalue weighted by Gasteiger charge is -2.27. The molecule has 0 N–H and O–H groups in total. The van der Waals surface area contributed by atoms with Crippen LogP contribution in [0.5, 0.6) is 11.5 Å². The highest BCUT2D eigenvalue weighted by atomic mass is 16.7. The largest absolute Gasteiger partial charge is 0.454 e. The molecule has 160 valence electrons. The van der Waals surface area contributed by atoms with Crippen molar-refractivity contribution in [3.05, 3.63) is 59.5 Å². The maximum absolute atomic E-state index is 5.56. The van der Waals surface area contributed by atoms with Gasteiger partial charge in [-0.2, -0.15) is 4.98 Å². The third-order valence-corrected chi connectivity index (χ3v) is 6.63. The molecule has 1 saturated heterocycles. The second kappa shape index (κ2) is 7.98. The summed E-state index contributed by atoms with van der Waals surface area (Å²) in [5, 5.41) is 4.18. The highest BCUT2D eigenvalue weighted by molar-refractivity contribution is 5.61. The highest BCUT2D eigenvalue weighted by Crippen LogP contribution is 2.35. The molecule has 3 heterocycles. The van der Waals surface area contributed by atoms with E-state index in [1.807, 2.05) is 18.2 Å². The first-order chi connectivity index (χ1) is 15.3. The predicted octanol–water partition coefficient (Wildman–Crippen LogP) is 3.14. The molecular weight excluding hydrogens is 392 g/mol. The summed E-state index contributed by atoms with van der Waals surface area (Å²) < 4.78 is 16.4. The zero-order valence-corrected chi connectivity index (χ0v) is 17.5. The number of ether oxygens (including phenoxy) is 2. The molecular formula is C24H26N4O3. The topological polar surface area (TPSA) is 63.9 Å². The van der Waals surface area contributed by atoms with Gasteiger partial charge in [0.2, 0.25) is 18.5 Å². The second-order valence-corrected chi connectivity index (χ2v) is 8.58. The minimum atomic E-state index is 0.259. The summed E-state index contributed by atoms with van der Waals surface area (Å²) in [5.74, 6) is 2.74. The van der Waals surface area contributed by atoms with Gasteiger partial charge in [0.25, 0.3) is 0 Å². The smallest absolute Gasteiger partial charge is 0.241 e. The molecule has 7 heteroatoms. The third-order valence-electron chi connectivity index (χ3n) is 6.63. The molecule has 0 spiro atoms. The maximum atomic E-state index is 5.56. The fraction of sp³-hybridized carbons (Fsp3) is 0.417. The van der Waals surface area contributed by atoms with E-state index in [-0.39, 0.29) is 6.79 Å². The zero-order chi connectivity index (χ0) is 20.6. The van der Waals surface area contributed by atoms with Crippen LogP contribution in [0, 0.1) is 0 Å². The first kappa shape index (κ1) is 18.8. The number of nitrogens with zero attached hydrogens (tertiary/aromatic N) is 4. The van der Waals surface area contributed by atoms with Crippen molar-refractivity contribution in [3.63, 3.8) is 0 Å². The predicted molar refractivity (Wildman–Crippen MR) is 115 cm³/mol. The third kappa shape index (κ3) is 3.79. The van der Waals surface area contributed by atoms with Gasteiger partial charge in [-0.25, -0.2) is 0 Å². The Kier molecular flexibility index (Phi) is 4.85. The van der Waals surface area contributed by atoms with Crippen LogP contribution >= 0.6 is 0 Å². The van der Waals surface area contributed by atoms with Crippen LogP contribution in [-0.2, 0) is 19.4 Å². The normalized spacial score (nSPS) is 19.5. The van der Waals surface area contributed by atoms with Crippen molar-refractivity contribution in [2.75, 3.05) is 33.0 Å². The Balaban J connectivity index is 1.08. The first-order valence-electron chi connectivity index (χ1n) is 11.1. The molecule has 7 nitrogen and oxygen atoms in total. The van der Waals surface area contributed by atoms with E-state index in [0.717, 1.165) is 49.7 Å². The number of rotatable bonds is 4. The van der Waals surface area contributed by atoms with Gasteiger partial charge >= 0.3 is 0 Å². The molecule has 2 aromatic carbocycles. The highest BCUT2D eigenvalue weighted by Gasteiger charge is 2.28. The molecule has 0 amide bonds. The summed E-state index contributed by atoms with van der Waals surface area (Å²) in [6.45, 7) is 5.27. The summed E-state index contributed by atoms with van der Waals surface area (Å²) in [6.07, 6.45) is 3.52. The molecule has 31 heavy (non-hydrogen) atoms. The van der Waals surface area contributed by atoms with Crippen LogP contribution in [0.4, 0.5) is 0 Å². The van der Waals surface area contributed by atoms with E-state index in [0.29, 0.717) is 24.3 Å². The van der Waals surface area contributed by atoms with E-state index >= 15 is 0 Å². The summed E-state index contributed by atoms with van der Waals surface area (Å²) >= 11 is 0. The van der Waals surface area contributed by atoms with Crippen molar-refractivity contribution in [1.82, 2.24) is 19.9 Å². The number of fused-ring (bicyclic) bond motifs is 2. The quantitative estimate of drug-likeness (QED) is 0.645. The molecule has 1 aliphatic carbocycles. The minimum absolute atomic E-state index is 0.259. The van der Waals surface area contributed by atoms with Gasteiger partial charge in [0.05, 0.1) is 6.54 Å². The van der Waals surface area contributed by atoms with Crippen molar-refractivity contribution in [1.29, 1.82) is 0 Å². The summed E-state index contributed by atoms with van der Waals surface area (Å²) in [7, 11) is 0. The molecule has 0 unspecified atom stereocenters. The SMILES string of the molecule is c1ccc2c(c1)CC(N1CCCN(Cc3nc(-c4ccc5c(c4)OCO5)no3)CC1)C2. The van der Waals surface area contributed by atoms with Gasteiger partial charge in [0.1, 0.15) is 0 Å². The van der Waals surface area contributed by atoms with Gasteiger partial charge < -0.3 is 14.0 Å². The van der Waals surface area contributed by atoms with Gasteiger partial charge in [-0.15, -0.1) is 0 Å². The first-order valence-corrected chi connectivity index (χ1v) is 11.1. The second-order valence-electron chi connectivity index (χ2n) is 8.58. The van der Waals surface area contributed by atoms with Crippen LogP contribution in [-0.4, -0.2) is 59.0 Å². The standard InChI is InChI=1S/C24H26N4O3/c1-2-5-18-13-20(12-17(18)4-1)28-9-3-8-27(10-11-28)15-23-25-24(26-31-23)19-6-7-21-22(14-19)30-16-29-21/h1-2,4-7,14,20H,3,8-13,15-16H2. The average Bonchev–Trinajstić information content (AvgIpc) is 3.50. The van der Waals surface area contributed by atoms with Crippen LogP contribution < -0.4 is 9.47 Å².